The predicted molar refractivity (Wildman–Crippen MR) is 113 cm³/mol. The van der Waals surface area contributed by atoms with Crippen molar-refractivity contribution in [3.63, 3.8) is 0 Å². The lowest BCUT2D eigenvalue weighted by molar-refractivity contribution is 0.269. The standard InChI is InChI=1S/C20H34N2O2SSi/c1-19(2,3)25(23)22-18(17-11-9-10-16(14-17)15-21)12-13-24-26(7,8)20(4,5)6/h9-11,14,18,22H,12-13H2,1-8H3/t18-,25?/m0/s1. The molecule has 0 fully saturated rings. The lowest BCUT2D eigenvalue weighted by Crippen LogP contribution is -2.42. The highest BCUT2D eigenvalue weighted by molar-refractivity contribution is 7.84. The number of hydrogen-bond donors (Lipinski definition) is 1. The van der Waals surface area contributed by atoms with Crippen LogP contribution in [0.2, 0.25) is 18.1 Å². The van der Waals surface area contributed by atoms with E-state index in [1.807, 2.05) is 39.0 Å². The Balaban J connectivity index is 2.95. The topological polar surface area (TPSA) is 62.1 Å². The summed E-state index contributed by atoms with van der Waals surface area (Å²) in [4.78, 5) is 0. The van der Waals surface area contributed by atoms with Crippen LogP contribution in [0.25, 0.3) is 0 Å². The van der Waals surface area contributed by atoms with E-state index in [2.05, 4.69) is 44.7 Å². The lowest BCUT2D eigenvalue weighted by atomic mass is 10.0. The lowest BCUT2D eigenvalue weighted by Gasteiger charge is -2.36. The molecule has 0 amide bonds. The highest BCUT2D eigenvalue weighted by atomic mass is 32.2. The van der Waals surface area contributed by atoms with Gasteiger partial charge in [-0.1, -0.05) is 32.9 Å². The van der Waals surface area contributed by atoms with Crippen LogP contribution < -0.4 is 4.72 Å². The van der Waals surface area contributed by atoms with Crippen LogP contribution in [0, 0.1) is 11.3 Å². The van der Waals surface area contributed by atoms with Crippen molar-refractivity contribution in [1.29, 1.82) is 5.26 Å². The van der Waals surface area contributed by atoms with Gasteiger partial charge in [-0.25, -0.2) is 8.93 Å². The fourth-order valence-corrected chi connectivity index (χ4v) is 4.00. The van der Waals surface area contributed by atoms with Crippen LogP contribution >= 0.6 is 0 Å². The van der Waals surface area contributed by atoms with E-state index in [1.165, 1.54) is 0 Å². The van der Waals surface area contributed by atoms with Gasteiger partial charge in [0.2, 0.25) is 0 Å². The van der Waals surface area contributed by atoms with E-state index in [9.17, 15) is 9.47 Å². The Morgan fingerprint density at radius 2 is 1.85 bits per heavy atom. The second kappa shape index (κ2) is 8.79. The Labute approximate surface area is 163 Å². The minimum absolute atomic E-state index is 0.117. The summed E-state index contributed by atoms with van der Waals surface area (Å²) in [6.07, 6.45) is 0.712. The predicted octanol–water partition coefficient (Wildman–Crippen LogP) is 5.06. The summed E-state index contributed by atoms with van der Waals surface area (Å²) in [5.41, 5.74) is 1.58. The molecule has 0 saturated heterocycles. The van der Waals surface area contributed by atoms with Gasteiger partial charge in [0, 0.05) is 12.6 Å². The van der Waals surface area contributed by atoms with Crippen molar-refractivity contribution in [2.45, 2.75) is 76.9 Å². The molecule has 1 N–H and O–H groups in total. The molecule has 2 atom stereocenters. The first-order chi connectivity index (χ1) is 11.8. The van der Waals surface area contributed by atoms with Crippen LogP contribution in [-0.2, 0) is 15.4 Å². The zero-order valence-electron chi connectivity index (χ0n) is 17.5. The summed E-state index contributed by atoms with van der Waals surface area (Å²) in [7, 11) is -3.02. The summed E-state index contributed by atoms with van der Waals surface area (Å²) >= 11 is 0. The second-order valence-electron chi connectivity index (χ2n) is 9.19. The molecule has 0 radical (unpaired) electrons. The summed E-state index contributed by atoms with van der Waals surface area (Å²) in [6, 6.07) is 9.56. The maximum Gasteiger partial charge on any atom is 0.191 e. The molecule has 0 aliphatic heterocycles. The maximum absolute atomic E-state index is 12.6. The number of hydrogen-bond acceptors (Lipinski definition) is 3. The van der Waals surface area contributed by atoms with Gasteiger partial charge in [0.25, 0.3) is 0 Å². The Bertz CT molecular complexity index is 670. The first-order valence-electron chi connectivity index (χ1n) is 9.10. The van der Waals surface area contributed by atoms with Gasteiger partial charge in [-0.05, 0) is 63.0 Å². The molecule has 0 saturated carbocycles. The van der Waals surface area contributed by atoms with Gasteiger partial charge in [0.1, 0.15) is 0 Å². The average molecular weight is 395 g/mol. The number of rotatable bonds is 7. The minimum atomic E-state index is -1.82. The fourth-order valence-electron chi connectivity index (χ4n) is 2.07. The largest absolute Gasteiger partial charge is 0.417 e. The van der Waals surface area contributed by atoms with Crippen molar-refractivity contribution in [3.05, 3.63) is 35.4 Å². The molecule has 0 aliphatic rings. The van der Waals surface area contributed by atoms with Gasteiger partial charge < -0.3 is 4.43 Å². The van der Waals surface area contributed by atoms with E-state index >= 15 is 0 Å². The molecule has 4 nitrogen and oxygen atoms in total. The second-order valence-corrected chi connectivity index (χ2v) is 16.0. The molecule has 1 rings (SSSR count). The third kappa shape index (κ3) is 6.62. The molecule has 1 aromatic rings. The Kier molecular flexibility index (Phi) is 7.79. The number of benzene rings is 1. The smallest absolute Gasteiger partial charge is 0.191 e. The fraction of sp³-hybridized carbons (Fsp3) is 0.650. The van der Waals surface area contributed by atoms with Crippen LogP contribution in [0.4, 0.5) is 0 Å². The molecule has 0 aliphatic carbocycles. The maximum atomic E-state index is 12.6. The van der Waals surface area contributed by atoms with Gasteiger partial charge in [-0.2, -0.15) is 5.26 Å². The molecule has 6 heteroatoms. The molecule has 1 aromatic carbocycles. The van der Waals surface area contributed by atoms with Crippen molar-refractivity contribution in [3.8, 4) is 6.07 Å². The summed E-state index contributed by atoms with van der Waals surface area (Å²) in [5.74, 6) is 0. The Morgan fingerprint density at radius 3 is 2.35 bits per heavy atom. The Hall–Kier alpha value is -1.00. The van der Waals surface area contributed by atoms with Gasteiger partial charge in [0.05, 0.1) is 27.4 Å². The zero-order valence-corrected chi connectivity index (χ0v) is 19.3. The first kappa shape index (κ1) is 23.0. The summed E-state index contributed by atoms with van der Waals surface area (Å²) < 4.78 is 21.8. The molecule has 0 aromatic heterocycles. The van der Waals surface area contributed by atoms with Crippen molar-refractivity contribution < 1.29 is 8.63 Å². The van der Waals surface area contributed by atoms with Crippen LogP contribution in [0.15, 0.2) is 24.3 Å². The monoisotopic (exact) mass is 394 g/mol. The molecule has 146 valence electrons. The van der Waals surface area contributed by atoms with E-state index in [1.54, 1.807) is 6.07 Å². The molecule has 26 heavy (non-hydrogen) atoms. The van der Waals surface area contributed by atoms with Crippen LogP contribution in [-0.4, -0.2) is 23.9 Å². The average Bonchev–Trinajstić information content (AvgIpc) is 2.51. The third-order valence-corrected chi connectivity index (χ3v) is 11.0. The van der Waals surface area contributed by atoms with Crippen molar-refractivity contribution in [2.24, 2.45) is 0 Å². The van der Waals surface area contributed by atoms with E-state index in [4.69, 9.17) is 4.43 Å². The van der Waals surface area contributed by atoms with Crippen molar-refractivity contribution in [2.75, 3.05) is 6.61 Å². The molecular weight excluding hydrogens is 360 g/mol. The Morgan fingerprint density at radius 1 is 1.23 bits per heavy atom. The highest BCUT2D eigenvalue weighted by Gasteiger charge is 2.37. The summed E-state index contributed by atoms with van der Waals surface area (Å²) in [5, 5.41) is 9.34. The van der Waals surface area contributed by atoms with E-state index < -0.39 is 19.3 Å². The van der Waals surface area contributed by atoms with Crippen molar-refractivity contribution >= 4 is 19.3 Å². The van der Waals surface area contributed by atoms with E-state index in [0.717, 1.165) is 5.56 Å². The zero-order chi connectivity index (χ0) is 20.2. The van der Waals surface area contributed by atoms with Crippen LogP contribution in [0.1, 0.15) is 65.1 Å². The SMILES string of the molecule is CC(C)(C)S(=O)N[C@@H](CCO[Si](C)(C)C(C)(C)C)c1cccc(C#N)c1. The van der Waals surface area contributed by atoms with Gasteiger partial charge in [-0.15, -0.1) is 0 Å². The quantitative estimate of drug-likeness (QED) is 0.657. The molecule has 0 heterocycles. The van der Waals surface area contributed by atoms with Crippen LogP contribution in [0.5, 0.6) is 0 Å². The highest BCUT2D eigenvalue weighted by Crippen LogP contribution is 2.37. The summed E-state index contributed by atoms with van der Waals surface area (Å²) in [6.45, 7) is 17.6. The molecular formula is C20H34N2O2SSi. The molecule has 0 spiro atoms. The minimum Gasteiger partial charge on any atom is -0.417 e. The van der Waals surface area contributed by atoms with Gasteiger partial charge in [-0.3, -0.25) is 0 Å². The number of nitriles is 1. The number of nitrogens with zero attached hydrogens (tertiary/aromatic N) is 1. The first-order valence-corrected chi connectivity index (χ1v) is 13.2. The molecule has 0 bridgehead atoms. The van der Waals surface area contributed by atoms with Gasteiger partial charge in [0.15, 0.2) is 8.32 Å². The normalized spacial score (nSPS) is 15.3. The van der Waals surface area contributed by atoms with E-state index in [0.29, 0.717) is 18.6 Å². The van der Waals surface area contributed by atoms with Gasteiger partial charge >= 0.3 is 0 Å². The van der Waals surface area contributed by atoms with Crippen LogP contribution in [0.3, 0.4) is 0 Å². The third-order valence-electron chi connectivity index (χ3n) is 4.90. The number of nitrogens with one attached hydrogen (secondary N) is 1. The molecule has 1 unspecified atom stereocenters. The van der Waals surface area contributed by atoms with E-state index in [-0.39, 0.29) is 15.8 Å². The van der Waals surface area contributed by atoms with Crippen molar-refractivity contribution in [1.82, 2.24) is 4.72 Å².